The van der Waals surface area contributed by atoms with Crippen LogP contribution in [-0.4, -0.2) is 31.8 Å². The molecule has 2 heterocycles. The van der Waals surface area contributed by atoms with Crippen LogP contribution < -0.4 is 16.4 Å². The first-order valence-corrected chi connectivity index (χ1v) is 8.56. The van der Waals surface area contributed by atoms with Crippen LogP contribution >= 0.6 is 0 Å². The fourth-order valence-electron chi connectivity index (χ4n) is 2.53. The molecular weight excluding hydrogens is 365 g/mol. The van der Waals surface area contributed by atoms with Gasteiger partial charge in [0.05, 0.1) is 18.6 Å². The second-order valence-corrected chi connectivity index (χ2v) is 6.13. The summed E-state index contributed by atoms with van der Waals surface area (Å²) in [7, 11) is 0. The molecule has 0 unspecified atom stereocenters. The van der Waals surface area contributed by atoms with Gasteiger partial charge in [0.1, 0.15) is 12.4 Å². The maximum absolute atomic E-state index is 13.0. The third-order valence-electron chi connectivity index (χ3n) is 3.98. The second-order valence-electron chi connectivity index (χ2n) is 6.13. The number of aromatic nitrogens is 4. The number of nitrogens with one attached hydrogen (secondary N) is 1. The number of nitrogens with zero attached hydrogens (tertiary/aromatic N) is 4. The summed E-state index contributed by atoms with van der Waals surface area (Å²) in [6, 6.07) is 10.0. The first-order valence-electron chi connectivity index (χ1n) is 8.56. The molecule has 0 aliphatic rings. The van der Waals surface area contributed by atoms with Crippen molar-refractivity contribution in [1.82, 2.24) is 24.6 Å². The van der Waals surface area contributed by atoms with Gasteiger partial charge in [-0.25, -0.2) is 14.1 Å². The van der Waals surface area contributed by atoms with Crippen molar-refractivity contribution >= 4 is 5.91 Å². The van der Waals surface area contributed by atoms with E-state index in [0.717, 1.165) is 0 Å². The fourth-order valence-corrected chi connectivity index (χ4v) is 2.53. The maximum Gasteiger partial charge on any atom is 0.266 e. The van der Waals surface area contributed by atoms with E-state index in [1.165, 1.54) is 39.8 Å². The zero-order valence-corrected chi connectivity index (χ0v) is 15.1. The number of hydrogen-bond donors (Lipinski definition) is 1. The van der Waals surface area contributed by atoms with Gasteiger partial charge in [0.2, 0.25) is 5.91 Å². The molecule has 3 rings (SSSR count). The molecule has 0 bridgehead atoms. The Morgan fingerprint density at radius 1 is 1.11 bits per heavy atom. The summed E-state index contributed by atoms with van der Waals surface area (Å²) in [4.78, 5) is 39.7. The van der Waals surface area contributed by atoms with Crippen molar-refractivity contribution in [3.05, 3.63) is 81.0 Å². The van der Waals surface area contributed by atoms with Gasteiger partial charge in [-0.3, -0.25) is 19.0 Å². The van der Waals surface area contributed by atoms with Crippen molar-refractivity contribution < 1.29 is 9.18 Å². The Bertz CT molecular complexity index is 1110. The zero-order chi connectivity index (χ0) is 20.1. The number of amides is 1. The van der Waals surface area contributed by atoms with Crippen LogP contribution in [0.25, 0.3) is 11.3 Å². The van der Waals surface area contributed by atoms with Crippen LogP contribution in [0.4, 0.5) is 4.39 Å². The van der Waals surface area contributed by atoms with E-state index >= 15 is 0 Å². The molecule has 0 atom stereocenters. The van der Waals surface area contributed by atoms with Gasteiger partial charge in [0.25, 0.3) is 11.1 Å². The molecule has 144 valence electrons. The molecule has 0 aliphatic heterocycles. The Labute approximate surface area is 159 Å². The first kappa shape index (κ1) is 19.2. The first-order chi connectivity index (χ1) is 13.4. The number of hydrogen-bond acceptors (Lipinski definition) is 5. The number of rotatable bonds is 6. The van der Waals surface area contributed by atoms with Crippen molar-refractivity contribution in [3.8, 4) is 11.3 Å². The lowest BCUT2D eigenvalue weighted by Crippen LogP contribution is -2.35. The predicted molar refractivity (Wildman–Crippen MR) is 100 cm³/mol. The van der Waals surface area contributed by atoms with E-state index < -0.39 is 0 Å². The Morgan fingerprint density at radius 2 is 1.86 bits per heavy atom. The number of halogens is 1. The van der Waals surface area contributed by atoms with Crippen molar-refractivity contribution in [2.45, 2.75) is 20.0 Å². The molecule has 1 amide bonds. The van der Waals surface area contributed by atoms with Gasteiger partial charge in [-0.15, -0.1) is 0 Å². The largest absolute Gasteiger partial charge is 0.353 e. The third-order valence-corrected chi connectivity index (χ3v) is 3.98. The molecule has 0 aliphatic carbocycles. The number of carbonyl (C=O) groups excluding carboxylic acids is 1. The van der Waals surface area contributed by atoms with E-state index in [2.05, 4.69) is 15.4 Å². The SMILES string of the molecule is Cc1cc(=O)n(CC(=O)NCCn2nc(-c3ccc(F)cc3)ccc2=O)cn1. The highest BCUT2D eigenvalue weighted by molar-refractivity contribution is 5.75. The van der Waals surface area contributed by atoms with Crippen LogP contribution in [-0.2, 0) is 17.9 Å². The van der Waals surface area contributed by atoms with Gasteiger partial charge in [0.15, 0.2) is 0 Å². The standard InChI is InChI=1S/C19H18FN5O3/c1-13-10-19(28)24(12-22-13)11-17(26)21-8-9-25-18(27)7-6-16(23-25)14-2-4-15(20)5-3-14/h2-7,10,12H,8-9,11H2,1H3,(H,21,26). The van der Waals surface area contributed by atoms with E-state index in [9.17, 15) is 18.8 Å². The molecular formula is C19H18FN5O3. The van der Waals surface area contributed by atoms with Crippen molar-refractivity contribution in [2.75, 3.05) is 6.54 Å². The number of carbonyl (C=O) groups is 1. The Hall–Kier alpha value is -3.62. The summed E-state index contributed by atoms with van der Waals surface area (Å²) in [6.45, 7) is 1.84. The van der Waals surface area contributed by atoms with Gasteiger partial charge in [-0.05, 0) is 37.3 Å². The normalized spacial score (nSPS) is 10.6. The van der Waals surface area contributed by atoms with Gasteiger partial charge in [-0.1, -0.05) is 0 Å². The molecule has 0 spiro atoms. The van der Waals surface area contributed by atoms with E-state index in [4.69, 9.17) is 0 Å². The lowest BCUT2D eigenvalue weighted by molar-refractivity contribution is -0.121. The highest BCUT2D eigenvalue weighted by atomic mass is 19.1. The smallest absolute Gasteiger partial charge is 0.266 e. The highest BCUT2D eigenvalue weighted by Gasteiger charge is 2.07. The van der Waals surface area contributed by atoms with Crippen LogP contribution in [0.3, 0.4) is 0 Å². The van der Waals surface area contributed by atoms with Crippen molar-refractivity contribution in [1.29, 1.82) is 0 Å². The minimum absolute atomic E-state index is 0.153. The molecule has 0 fully saturated rings. The van der Waals surface area contributed by atoms with E-state index in [1.54, 1.807) is 25.1 Å². The maximum atomic E-state index is 13.0. The van der Waals surface area contributed by atoms with Gasteiger partial charge >= 0.3 is 0 Å². The summed E-state index contributed by atoms with van der Waals surface area (Å²) >= 11 is 0. The quantitative estimate of drug-likeness (QED) is 0.677. The Morgan fingerprint density at radius 3 is 2.57 bits per heavy atom. The predicted octanol–water partition coefficient (Wildman–Crippen LogP) is 0.731. The Balaban J connectivity index is 1.62. The van der Waals surface area contributed by atoms with Crippen molar-refractivity contribution in [2.24, 2.45) is 0 Å². The van der Waals surface area contributed by atoms with Crippen LogP contribution in [0.15, 0.2) is 58.4 Å². The van der Waals surface area contributed by atoms with Crippen LogP contribution in [0, 0.1) is 12.7 Å². The zero-order valence-electron chi connectivity index (χ0n) is 15.1. The summed E-state index contributed by atoms with van der Waals surface area (Å²) in [5.74, 6) is -0.738. The summed E-state index contributed by atoms with van der Waals surface area (Å²) < 4.78 is 15.5. The summed E-state index contributed by atoms with van der Waals surface area (Å²) in [6.07, 6.45) is 1.31. The lowest BCUT2D eigenvalue weighted by Gasteiger charge is -2.09. The van der Waals surface area contributed by atoms with Crippen molar-refractivity contribution in [3.63, 3.8) is 0 Å². The van der Waals surface area contributed by atoms with Gasteiger partial charge < -0.3 is 5.32 Å². The number of benzene rings is 1. The minimum atomic E-state index is -0.379. The van der Waals surface area contributed by atoms with Crippen LogP contribution in [0.2, 0.25) is 0 Å². The monoisotopic (exact) mass is 383 g/mol. The van der Waals surface area contributed by atoms with E-state index in [-0.39, 0.29) is 42.5 Å². The van der Waals surface area contributed by atoms with E-state index in [0.29, 0.717) is 17.0 Å². The van der Waals surface area contributed by atoms with Gasteiger partial charge in [-0.2, -0.15) is 5.10 Å². The van der Waals surface area contributed by atoms with E-state index in [1.807, 2.05) is 0 Å². The molecule has 0 saturated heterocycles. The molecule has 3 aromatic rings. The Kier molecular flexibility index (Phi) is 5.73. The van der Waals surface area contributed by atoms with Crippen LogP contribution in [0.5, 0.6) is 0 Å². The number of aryl methyl sites for hydroxylation is 1. The average molecular weight is 383 g/mol. The molecule has 28 heavy (non-hydrogen) atoms. The molecule has 9 heteroatoms. The molecule has 1 aromatic carbocycles. The van der Waals surface area contributed by atoms with Gasteiger partial charge in [0, 0.05) is 29.9 Å². The molecule has 0 saturated carbocycles. The highest BCUT2D eigenvalue weighted by Crippen LogP contribution is 2.15. The fraction of sp³-hybridized carbons (Fsp3) is 0.211. The summed E-state index contributed by atoms with van der Waals surface area (Å²) in [5, 5.41) is 6.88. The molecule has 0 radical (unpaired) electrons. The second kappa shape index (κ2) is 8.38. The summed E-state index contributed by atoms with van der Waals surface area (Å²) in [5.41, 5.74) is 1.13. The topological polar surface area (TPSA) is 98.9 Å². The molecule has 1 N–H and O–H groups in total. The average Bonchev–Trinajstić information content (AvgIpc) is 2.66. The molecule has 8 nitrogen and oxygen atoms in total. The third kappa shape index (κ3) is 4.76. The van der Waals surface area contributed by atoms with Crippen LogP contribution in [0.1, 0.15) is 5.69 Å². The lowest BCUT2D eigenvalue weighted by atomic mass is 10.1. The minimum Gasteiger partial charge on any atom is -0.353 e. The molecule has 2 aromatic heterocycles.